The van der Waals surface area contributed by atoms with Crippen molar-refractivity contribution in [2.45, 2.75) is 58.9 Å². The Kier molecular flexibility index (Phi) is 7.13. The summed E-state index contributed by atoms with van der Waals surface area (Å²) in [6, 6.07) is 6.11. The summed E-state index contributed by atoms with van der Waals surface area (Å²) in [6.45, 7) is 11.7. The van der Waals surface area contributed by atoms with Crippen molar-refractivity contribution in [3.63, 3.8) is 0 Å². The summed E-state index contributed by atoms with van der Waals surface area (Å²) < 4.78 is 16.4. The van der Waals surface area contributed by atoms with Crippen molar-refractivity contribution < 1.29 is 4.39 Å². The molecule has 0 radical (unpaired) electrons. The van der Waals surface area contributed by atoms with E-state index in [9.17, 15) is 4.39 Å². The van der Waals surface area contributed by atoms with E-state index in [1.165, 1.54) is 0 Å². The molecule has 1 aliphatic heterocycles. The quantitative estimate of drug-likeness (QED) is 0.499. The number of benzene rings is 1. The number of nitrogens with zero attached hydrogens (tertiary/aromatic N) is 4. The average molecular weight is 450 g/mol. The van der Waals surface area contributed by atoms with Crippen LogP contribution in [0.4, 0.5) is 10.2 Å². The van der Waals surface area contributed by atoms with Gasteiger partial charge in [0.25, 0.3) is 0 Å². The van der Waals surface area contributed by atoms with Crippen LogP contribution in [0.1, 0.15) is 60.9 Å². The van der Waals surface area contributed by atoms with E-state index < -0.39 is 0 Å². The van der Waals surface area contributed by atoms with E-state index in [1.807, 2.05) is 32.4 Å². The molecule has 0 amide bonds. The first kappa shape index (κ1) is 23.4. The fourth-order valence-corrected chi connectivity index (χ4v) is 5.26. The van der Waals surface area contributed by atoms with E-state index in [2.05, 4.69) is 47.9 Å². The van der Waals surface area contributed by atoms with Gasteiger partial charge in [-0.05, 0) is 80.0 Å². The number of aryl methyl sites for hydroxylation is 1. The second kappa shape index (κ2) is 10.0. The number of halogens is 1. The van der Waals surface area contributed by atoms with E-state index in [4.69, 9.17) is 10.1 Å². The molecule has 33 heavy (non-hydrogen) atoms. The Hall–Kier alpha value is -2.73. The number of hydrogen-bond donors (Lipinski definition) is 1. The predicted molar refractivity (Wildman–Crippen MR) is 133 cm³/mol. The summed E-state index contributed by atoms with van der Waals surface area (Å²) in [5, 5.41) is 7.92. The Bertz CT molecular complexity index is 1100. The van der Waals surface area contributed by atoms with Gasteiger partial charge < -0.3 is 10.2 Å². The molecule has 5 nitrogen and oxygen atoms in total. The molecule has 3 heterocycles. The minimum atomic E-state index is -0.139. The zero-order valence-corrected chi connectivity index (χ0v) is 20.5. The highest BCUT2D eigenvalue weighted by Gasteiger charge is 2.21. The zero-order chi connectivity index (χ0) is 23.5. The smallest absolute Gasteiger partial charge is 0.128 e. The van der Waals surface area contributed by atoms with Crippen LogP contribution in [0.15, 0.2) is 36.8 Å². The largest absolute Gasteiger partial charge is 0.373 e. The van der Waals surface area contributed by atoms with Gasteiger partial charge in [-0.1, -0.05) is 19.9 Å². The third-order valence-electron chi connectivity index (χ3n) is 7.20. The summed E-state index contributed by atoms with van der Waals surface area (Å²) in [6.07, 6.45) is 9.10. The maximum Gasteiger partial charge on any atom is 0.128 e. The average Bonchev–Trinajstić information content (AvgIpc) is 3.32. The molecule has 0 bridgehead atoms. The minimum absolute atomic E-state index is 0.139. The van der Waals surface area contributed by atoms with E-state index in [-0.39, 0.29) is 11.7 Å². The highest BCUT2D eigenvalue weighted by molar-refractivity contribution is 5.64. The molecule has 6 heteroatoms. The van der Waals surface area contributed by atoms with Gasteiger partial charge in [-0.15, -0.1) is 0 Å². The lowest BCUT2D eigenvalue weighted by Crippen LogP contribution is -2.34. The van der Waals surface area contributed by atoms with Crippen molar-refractivity contribution in [2.24, 2.45) is 0 Å². The third-order valence-corrected chi connectivity index (χ3v) is 7.20. The van der Waals surface area contributed by atoms with Crippen LogP contribution in [0, 0.1) is 19.7 Å². The molecule has 1 aliphatic rings. The summed E-state index contributed by atoms with van der Waals surface area (Å²) in [5.41, 5.74) is 6.26. The maximum atomic E-state index is 14.3. The summed E-state index contributed by atoms with van der Waals surface area (Å²) in [4.78, 5) is 7.19. The molecular weight excluding hydrogens is 413 g/mol. The van der Waals surface area contributed by atoms with E-state index in [1.54, 1.807) is 6.07 Å². The second-order valence-corrected chi connectivity index (χ2v) is 9.36. The number of likely N-dealkylation sites (tertiary alicyclic amines) is 1. The zero-order valence-electron chi connectivity index (χ0n) is 20.5. The van der Waals surface area contributed by atoms with Crippen molar-refractivity contribution >= 4 is 5.82 Å². The molecule has 0 saturated carbocycles. The lowest BCUT2D eigenvalue weighted by molar-refractivity contribution is 0.187. The van der Waals surface area contributed by atoms with Gasteiger partial charge in [-0.25, -0.2) is 9.37 Å². The first-order chi connectivity index (χ1) is 15.9. The van der Waals surface area contributed by atoms with Crippen LogP contribution in [-0.2, 0) is 6.42 Å². The number of rotatable bonds is 7. The molecule has 4 rings (SSSR count). The van der Waals surface area contributed by atoms with Crippen molar-refractivity contribution in [3.8, 4) is 11.1 Å². The van der Waals surface area contributed by atoms with Crippen LogP contribution in [0.2, 0.25) is 0 Å². The number of piperidine rings is 1. The van der Waals surface area contributed by atoms with Crippen molar-refractivity contribution in [1.82, 2.24) is 19.7 Å². The van der Waals surface area contributed by atoms with Gasteiger partial charge in [0, 0.05) is 43.7 Å². The van der Waals surface area contributed by atoms with Crippen LogP contribution in [0.5, 0.6) is 0 Å². The summed E-state index contributed by atoms with van der Waals surface area (Å²) >= 11 is 0. The van der Waals surface area contributed by atoms with E-state index >= 15 is 0 Å². The molecule has 1 N–H and O–H groups in total. The molecule has 3 aromatic rings. The molecule has 0 unspecified atom stereocenters. The normalized spacial score (nSPS) is 16.2. The van der Waals surface area contributed by atoms with Crippen LogP contribution in [-0.4, -0.2) is 46.3 Å². The van der Waals surface area contributed by atoms with Crippen LogP contribution in [0.25, 0.3) is 11.1 Å². The second-order valence-electron chi connectivity index (χ2n) is 9.36. The lowest BCUT2D eigenvalue weighted by Gasteiger charge is -2.31. The van der Waals surface area contributed by atoms with Gasteiger partial charge >= 0.3 is 0 Å². The van der Waals surface area contributed by atoms with Gasteiger partial charge in [-0.3, -0.25) is 4.68 Å². The molecule has 2 aromatic heterocycles. The van der Waals surface area contributed by atoms with E-state index in [0.717, 1.165) is 78.1 Å². The van der Waals surface area contributed by atoms with Crippen molar-refractivity contribution in [3.05, 3.63) is 64.9 Å². The maximum absolute atomic E-state index is 14.3. The predicted octanol–water partition coefficient (Wildman–Crippen LogP) is 5.75. The number of anilines is 1. The van der Waals surface area contributed by atoms with Gasteiger partial charge in [0.2, 0.25) is 0 Å². The Labute approximate surface area is 197 Å². The first-order valence-electron chi connectivity index (χ1n) is 12.1. The Morgan fingerprint density at radius 2 is 1.91 bits per heavy atom. The summed E-state index contributed by atoms with van der Waals surface area (Å²) in [5.74, 6) is 0.910. The Morgan fingerprint density at radius 1 is 1.15 bits per heavy atom. The van der Waals surface area contributed by atoms with Crippen LogP contribution < -0.4 is 5.32 Å². The third kappa shape index (κ3) is 4.96. The molecule has 176 valence electrons. The molecule has 1 atom stereocenters. The number of hydrogen-bond acceptors (Lipinski definition) is 4. The first-order valence-corrected chi connectivity index (χ1v) is 12.1. The SMILES string of the molecule is CCN1CCC(n2cc(-c3cnc(NC)c(C[C@H](C)c4c(C)ccc(F)c4C)c3)cn2)CC1. The topological polar surface area (TPSA) is 46.0 Å². The Balaban J connectivity index is 1.57. The van der Waals surface area contributed by atoms with Crippen molar-refractivity contribution in [1.29, 1.82) is 0 Å². The molecule has 0 aliphatic carbocycles. The van der Waals surface area contributed by atoms with E-state index in [0.29, 0.717) is 6.04 Å². The minimum Gasteiger partial charge on any atom is -0.373 e. The fraction of sp³-hybridized carbons (Fsp3) is 0.481. The van der Waals surface area contributed by atoms with Gasteiger partial charge in [0.15, 0.2) is 0 Å². The van der Waals surface area contributed by atoms with Gasteiger partial charge in [0.05, 0.1) is 12.2 Å². The van der Waals surface area contributed by atoms with Gasteiger partial charge in [-0.2, -0.15) is 5.10 Å². The molecule has 0 spiro atoms. The van der Waals surface area contributed by atoms with Crippen molar-refractivity contribution in [2.75, 3.05) is 32.0 Å². The monoisotopic (exact) mass is 449 g/mol. The number of aromatic nitrogens is 3. The van der Waals surface area contributed by atoms with Crippen LogP contribution >= 0.6 is 0 Å². The summed E-state index contributed by atoms with van der Waals surface area (Å²) in [7, 11) is 1.90. The molecular formula is C27H36FN5. The van der Waals surface area contributed by atoms with Crippen LogP contribution in [0.3, 0.4) is 0 Å². The lowest BCUT2D eigenvalue weighted by atomic mass is 9.87. The standard InChI is InChI=1S/C27H36FN5/c1-6-32-11-9-24(10-12-32)33-17-23(16-31-33)22-14-21(27(29-5)30-15-22)13-19(3)26-18(2)7-8-25(28)20(26)4/h7-8,14-17,19,24H,6,9-13H2,1-5H3,(H,29,30)/t19-/m0/s1. The molecule has 1 fully saturated rings. The number of pyridine rings is 1. The van der Waals surface area contributed by atoms with Gasteiger partial charge in [0.1, 0.15) is 11.6 Å². The fourth-order valence-electron chi connectivity index (χ4n) is 5.26. The highest BCUT2D eigenvalue weighted by atomic mass is 19.1. The highest BCUT2D eigenvalue weighted by Crippen LogP contribution is 2.32. The molecule has 1 aromatic carbocycles. The number of nitrogens with one attached hydrogen (secondary N) is 1. The Morgan fingerprint density at radius 3 is 2.61 bits per heavy atom. The molecule has 1 saturated heterocycles.